The van der Waals surface area contributed by atoms with Crippen molar-refractivity contribution in [3.05, 3.63) is 104 Å². The number of hydrogen-bond donors (Lipinski definition) is 0. The predicted molar refractivity (Wildman–Crippen MR) is 144 cm³/mol. The quantitative estimate of drug-likeness (QED) is 0.340. The number of ketones is 1. The lowest BCUT2D eigenvalue weighted by molar-refractivity contribution is 0.0517. The van der Waals surface area contributed by atoms with Crippen molar-refractivity contribution in [2.24, 2.45) is 0 Å². The maximum Gasteiger partial charge on any atom is 0.253 e. The van der Waals surface area contributed by atoms with Gasteiger partial charge in [0.25, 0.3) is 11.8 Å². The average molecular weight is 544 g/mol. The summed E-state index contributed by atoms with van der Waals surface area (Å²) in [6.45, 7) is 2.37. The largest absolute Gasteiger partial charge is 0.338 e. The van der Waals surface area contributed by atoms with E-state index in [1.807, 2.05) is 6.07 Å². The number of hydrogen-bond acceptors (Lipinski definition) is 3. The minimum atomic E-state index is -0.185. The van der Waals surface area contributed by atoms with Gasteiger partial charge in [-0.2, -0.15) is 0 Å². The van der Waals surface area contributed by atoms with E-state index in [2.05, 4.69) is 0 Å². The van der Waals surface area contributed by atoms with Crippen LogP contribution in [0.25, 0.3) is 0 Å². The Hall–Kier alpha value is -2.86. The third-order valence-electron chi connectivity index (χ3n) is 6.68. The van der Waals surface area contributed by atoms with E-state index in [9.17, 15) is 14.4 Å². The molecule has 0 aromatic heterocycles. The molecule has 5 nitrogen and oxygen atoms in total. The molecule has 36 heavy (non-hydrogen) atoms. The summed E-state index contributed by atoms with van der Waals surface area (Å²) in [5.74, 6) is -0.486. The van der Waals surface area contributed by atoms with E-state index < -0.39 is 0 Å². The van der Waals surface area contributed by atoms with Crippen molar-refractivity contribution in [3.8, 4) is 0 Å². The SMILES string of the molecule is CC(=O)c1ccc(C(=O)N2CC[C@@H](N(C)C(=O)c3ccc(Cl)cc3)[C@H](c3ccc(Cl)c(Cl)c3)C2)cc1. The molecule has 0 spiro atoms. The highest BCUT2D eigenvalue weighted by Crippen LogP contribution is 2.35. The minimum Gasteiger partial charge on any atom is -0.338 e. The van der Waals surface area contributed by atoms with Crippen LogP contribution in [0.2, 0.25) is 15.1 Å². The van der Waals surface area contributed by atoms with Crippen LogP contribution in [0.4, 0.5) is 0 Å². The van der Waals surface area contributed by atoms with E-state index in [4.69, 9.17) is 34.8 Å². The molecule has 8 heteroatoms. The van der Waals surface area contributed by atoms with Gasteiger partial charge < -0.3 is 9.80 Å². The molecule has 0 unspecified atom stereocenters. The molecule has 3 aromatic carbocycles. The van der Waals surface area contributed by atoms with Crippen LogP contribution in [-0.2, 0) is 0 Å². The van der Waals surface area contributed by atoms with Gasteiger partial charge in [-0.15, -0.1) is 0 Å². The molecule has 1 heterocycles. The molecular weight excluding hydrogens is 519 g/mol. The first-order valence-electron chi connectivity index (χ1n) is 11.5. The van der Waals surface area contributed by atoms with E-state index in [1.165, 1.54) is 6.92 Å². The zero-order valence-corrected chi connectivity index (χ0v) is 22.1. The third-order valence-corrected chi connectivity index (χ3v) is 7.67. The standard InChI is InChI=1S/C28H25Cl3N2O3/c1-17(34)18-3-5-20(6-4-18)28(36)33-14-13-26(23(16-33)21-9-12-24(30)25(31)15-21)32(2)27(35)19-7-10-22(29)11-8-19/h3-12,15,23,26H,13-14,16H2,1-2H3/t23-,26+/m0/s1. The maximum absolute atomic E-state index is 13.3. The number of carbonyl (C=O) groups excluding carboxylic acids is 3. The first-order valence-corrected chi connectivity index (χ1v) is 12.7. The number of likely N-dealkylation sites (N-methyl/N-ethyl adjacent to an activating group) is 1. The minimum absolute atomic E-state index is 0.0529. The Morgan fingerprint density at radius 2 is 1.44 bits per heavy atom. The number of rotatable bonds is 5. The second kappa shape index (κ2) is 11.0. The summed E-state index contributed by atoms with van der Waals surface area (Å²) in [6, 6.07) is 18.7. The summed E-state index contributed by atoms with van der Waals surface area (Å²) in [4.78, 5) is 41.8. The van der Waals surface area contributed by atoms with Gasteiger partial charge in [-0.05, 0) is 67.4 Å². The van der Waals surface area contributed by atoms with E-state index in [0.717, 1.165) is 5.56 Å². The van der Waals surface area contributed by atoms with Gasteiger partial charge in [0.1, 0.15) is 0 Å². The van der Waals surface area contributed by atoms with Crippen molar-refractivity contribution in [1.29, 1.82) is 0 Å². The fourth-order valence-electron chi connectivity index (χ4n) is 4.64. The summed E-state index contributed by atoms with van der Waals surface area (Å²) < 4.78 is 0. The van der Waals surface area contributed by atoms with Crippen LogP contribution in [0.15, 0.2) is 66.7 Å². The Bertz CT molecular complexity index is 1290. The molecule has 0 radical (unpaired) electrons. The lowest BCUT2D eigenvalue weighted by Gasteiger charge is -2.43. The van der Waals surface area contributed by atoms with Gasteiger partial charge in [0, 0.05) is 53.8 Å². The van der Waals surface area contributed by atoms with Crippen molar-refractivity contribution >= 4 is 52.4 Å². The second-order valence-electron chi connectivity index (χ2n) is 8.94. The van der Waals surface area contributed by atoms with Crippen LogP contribution < -0.4 is 0 Å². The van der Waals surface area contributed by atoms with E-state index >= 15 is 0 Å². The Labute approximate surface area is 225 Å². The molecule has 0 bridgehead atoms. The fourth-order valence-corrected chi connectivity index (χ4v) is 5.07. The van der Waals surface area contributed by atoms with Crippen LogP contribution in [0.5, 0.6) is 0 Å². The smallest absolute Gasteiger partial charge is 0.253 e. The van der Waals surface area contributed by atoms with E-state index in [1.54, 1.807) is 77.5 Å². The summed E-state index contributed by atoms with van der Waals surface area (Å²) in [7, 11) is 1.78. The Morgan fingerprint density at radius 1 is 0.833 bits per heavy atom. The van der Waals surface area contributed by atoms with Gasteiger partial charge in [-0.25, -0.2) is 0 Å². The Kier molecular flexibility index (Phi) is 8.04. The van der Waals surface area contributed by atoms with Crippen LogP contribution in [0.3, 0.4) is 0 Å². The first kappa shape index (κ1) is 26.2. The highest BCUT2D eigenvalue weighted by molar-refractivity contribution is 6.42. The molecule has 0 N–H and O–H groups in total. The molecule has 1 saturated heterocycles. The molecule has 2 atom stereocenters. The number of piperidine rings is 1. The molecule has 2 amide bonds. The van der Waals surface area contributed by atoms with Crippen LogP contribution in [0, 0.1) is 0 Å². The monoisotopic (exact) mass is 542 g/mol. The van der Waals surface area contributed by atoms with Gasteiger partial charge in [-0.3, -0.25) is 14.4 Å². The van der Waals surface area contributed by atoms with Crippen molar-refractivity contribution in [2.45, 2.75) is 25.3 Å². The average Bonchev–Trinajstić information content (AvgIpc) is 2.89. The second-order valence-corrected chi connectivity index (χ2v) is 10.2. The third kappa shape index (κ3) is 5.59. The molecule has 3 aromatic rings. The van der Waals surface area contributed by atoms with Gasteiger partial charge in [0.15, 0.2) is 5.78 Å². The number of nitrogens with zero attached hydrogens (tertiary/aromatic N) is 2. The number of likely N-dealkylation sites (tertiary alicyclic amines) is 1. The number of Topliss-reactive ketones (excluding diaryl/α,β-unsaturated/α-hetero) is 1. The maximum atomic E-state index is 13.3. The van der Waals surface area contributed by atoms with Crippen molar-refractivity contribution in [2.75, 3.05) is 20.1 Å². The molecule has 0 aliphatic carbocycles. The summed E-state index contributed by atoms with van der Waals surface area (Å²) in [5.41, 5.74) is 2.51. The molecule has 4 rings (SSSR count). The Morgan fingerprint density at radius 3 is 2.06 bits per heavy atom. The highest BCUT2D eigenvalue weighted by atomic mass is 35.5. The molecule has 1 aliphatic heterocycles. The molecule has 1 fully saturated rings. The lowest BCUT2D eigenvalue weighted by Crippen LogP contribution is -2.51. The first-order chi connectivity index (χ1) is 17.2. The van der Waals surface area contributed by atoms with E-state index in [0.29, 0.717) is 51.3 Å². The number of halogens is 3. The molecular formula is C28H25Cl3N2O3. The molecule has 186 valence electrons. The zero-order valence-electron chi connectivity index (χ0n) is 19.9. The van der Waals surface area contributed by atoms with Crippen LogP contribution in [-0.4, -0.2) is 53.6 Å². The lowest BCUT2D eigenvalue weighted by atomic mass is 9.84. The van der Waals surface area contributed by atoms with Gasteiger partial charge in [-0.1, -0.05) is 53.0 Å². The normalized spacial score (nSPS) is 17.5. The van der Waals surface area contributed by atoms with Crippen molar-refractivity contribution < 1.29 is 14.4 Å². The Balaban J connectivity index is 1.62. The van der Waals surface area contributed by atoms with Crippen molar-refractivity contribution in [1.82, 2.24) is 9.80 Å². The predicted octanol–water partition coefficient (Wildman–Crippen LogP) is 6.62. The van der Waals surface area contributed by atoms with Gasteiger partial charge >= 0.3 is 0 Å². The van der Waals surface area contributed by atoms with Crippen LogP contribution in [0.1, 0.15) is 55.9 Å². The number of amides is 2. The number of carbonyl (C=O) groups is 3. The highest BCUT2D eigenvalue weighted by Gasteiger charge is 2.37. The van der Waals surface area contributed by atoms with E-state index in [-0.39, 0.29) is 29.6 Å². The van der Waals surface area contributed by atoms with Crippen molar-refractivity contribution in [3.63, 3.8) is 0 Å². The van der Waals surface area contributed by atoms with Gasteiger partial charge in [0.05, 0.1) is 10.0 Å². The molecule has 0 saturated carbocycles. The number of benzene rings is 3. The van der Waals surface area contributed by atoms with Crippen LogP contribution >= 0.6 is 34.8 Å². The van der Waals surface area contributed by atoms with Gasteiger partial charge in [0.2, 0.25) is 0 Å². The summed E-state index contributed by atoms with van der Waals surface area (Å²) >= 11 is 18.5. The summed E-state index contributed by atoms with van der Waals surface area (Å²) in [5, 5.41) is 1.42. The fraction of sp³-hybridized carbons (Fsp3) is 0.250. The zero-order chi connectivity index (χ0) is 26.0. The summed E-state index contributed by atoms with van der Waals surface area (Å²) in [6.07, 6.45) is 0.581. The molecule has 1 aliphatic rings. The topological polar surface area (TPSA) is 57.7 Å².